The van der Waals surface area contributed by atoms with E-state index < -0.39 is 0 Å². The van der Waals surface area contributed by atoms with Gasteiger partial charge in [-0.25, -0.2) is 4.68 Å². The molecule has 0 bridgehead atoms. The fraction of sp³-hybridized carbons (Fsp3) is 0.0909. The van der Waals surface area contributed by atoms with Gasteiger partial charge in [0.15, 0.2) is 0 Å². The molecule has 0 amide bonds. The van der Waals surface area contributed by atoms with Crippen molar-refractivity contribution in [3.8, 4) is 5.75 Å². The van der Waals surface area contributed by atoms with Crippen LogP contribution in [0.25, 0.3) is 10.8 Å². The quantitative estimate of drug-likeness (QED) is 0.452. The third-order valence-electron chi connectivity index (χ3n) is 4.44. The van der Waals surface area contributed by atoms with Gasteiger partial charge >= 0.3 is 0 Å². The Labute approximate surface area is 171 Å². The van der Waals surface area contributed by atoms with Crippen molar-refractivity contribution in [1.29, 1.82) is 0 Å². The summed E-state index contributed by atoms with van der Waals surface area (Å²) in [4.78, 5) is 14.4. The van der Waals surface area contributed by atoms with Gasteiger partial charge in [0.2, 0.25) is 0 Å². The van der Waals surface area contributed by atoms with Gasteiger partial charge in [0.25, 0.3) is 5.56 Å². The molecule has 0 aliphatic heterocycles. The lowest BCUT2D eigenvalue weighted by atomic mass is 10.0. The van der Waals surface area contributed by atoms with Crippen LogP contribution in [0, 0.1) is 0 Å². The smallest absolute Gasteiger partial charge is 0.282 e. The lowest BCUT2D eigenvalue weighted by Crippen LogP contribution is -2.24. The van der Waals surface area contributed by atoms with Gasteiger partial charge in [-0.2, -0.15) is 5.10 Å². The predicted molar refractivity (Wildman–Crippen MR) is 114 cm³/mol. The number of fused-ring (bicyclic) bond motifs is 1. The summed E-state index contributed by atoms with van der Waals surface area (Å²) in [5.41, 5.74) is 0.830. The van der Waals surface area contributed by atoms with Crippen LogP contribution in [0.3, 0.4) is 0 Å². The van der Waals surface area contributed by atoms with Gasteiger partial charge in [-0.3, -0.25) is 4.79 Å². The maximum absolute atomic E-state index is 13.0. The first kappa shape index (κ1) is 18.6. The highest BCUT2D eigenvalue weighted by Gasteiger charge is 2.13. The molecule has 4 nitrogen and oxygen atoms in total. The van der Waals surface area contributed by atoms with E-state index in [1.807, 2.05) is 48.5 Å². The van der Waals surface area contributed by atoms with Crippen LogP contribution in [-0.4, -0.2) is 16.9 Å². The van der Waals surface area contributed by atoms with E-state index in [2.05, 4.69) is 23.3 Å². The summed E-state index contributed by atoms with van der Waals surface area (Å²) in [5.74, 6) is 0.763. The Kier molecular flexibility index (Phi) is 5.37. The molecule has 3 aromatic carbocycles. The summed E-state index contributed by atoms with van der Waals surface area (Å²) in [6.07, 6.45) is 1.53. The highest BCUT2D eigenvalue weighted by Crippen LogP contribution is 2.31. The van der Waals surface area contributed by atoms with E-state index in [4.69, 9.17) is 16.3 Å². The van der Waals surface area contributed by atoms with Gasteiger partial charge in [-0.15, -0.1) is 0 Å². The second-order valence-electron chi connectivity index (χ2n) is 6.20. The summed E-state index contributed by atoms with van der Waals surface area (Å²) < 4.78 is 6.63. The summed E-state index contributed by atoms with van der Waals surface area (Å²) >= 11 is 7.61. The van der Waals surface area contributed by atoms with Crippen LogP contribution in [0.2, 0.25) is 5.02 Å². The van der Waals surface area contributed by atoms with E-state index in [-0.39, 0.29) is 5.56 Å². The number of rotatable bonds is 5. The molecule has 0 saturated heterocycles. The Morgan fingerprint density at radius 3 is 2.57 bits per heavy atom. The van der Waals surface area contributed by atoms with Crippen molar-refractivity contribution in [2.45, 2.75) is 16.3 Å². The number of benzene rings is 3. The minimum absolute atomic E-state index is 0.207. The summed E-state index contributed by atoms with van der Waals surface area (Å²) in [5, 5.41) is 6.84. The molecule has 0 fully saturated rings. The molecule has 140 valence electrons. The van der Waals surface area contributed by atoms with Gasteiger partial charge in [0.05, 0.1) is 29.8 Å². The van der Waals surface area contributed by atoms with Gasteiger partial charge < -0.3 is 4.74 Å². The second-order valence-corrected chi connectivity index (χ2v) is 7.69. The highest BCUT2D eigenvalue weighted by atomic mass is 35.5. The maximum atomic E-state index is 13.0. The lowest BCUT2D eigenvalue weighted by Gasteiger charge is -2.11. The molecular formula is C22H17ClN2O2S. The van der Waals surface area contributed by atoms with Crippen LogP contribution in [0.15, 0.2) is 87.5 Å². The third-order valence-corrected chi connectivity index (χ3v) is 5.94. The average molecular weight is 409 g/mol. The van der Waals surface area contributed by atoms with Crippen molar-refractivity contribution >= 4 is 34.1 Å². The minimum Gasteiger partial charge on any atom is -0.497 e. The van der Waals surface area contributed by atoms with E-state index in [1.165, 1.54) is 22.6 Å². The minimum atomic E-state index is -0.207. The van der Waals surface area contributed by atoms with E-state index in [9.17, 15) is 4.79 Å². The Morgan fingerprint density at radius 1 is 1.04 bits per heavy atom. The first-order valence-electron chi connectivity index (χ1n) is 8.70. The first-order chi connectivity index (χ1) is 13.7. The summed E-state index contributed by atoms with van der Waals surface area (Å²) in [6, 6.07) is 21.7. The topological polar surface area (TPSA) is 44.1 Å². The van der Waals surface area contributed by atoms with Crippen LogP contribution in [-0.2, 0) is 6.54 Å². The molecule has 4 rings (SSSR count). The van der Waals surface area contributed by atoms with Gasteiger partial charge in [0, 0.05) is 4.90 Å². The van der Waals surface area contributed by atoms with Crippen LogP contribution in [0.5, 0.6) is 5.75 Å². The van der Waals surface area contributed by atoms with Crippen molar-refractivity contribution in [3.63, 3.8) is 0 Å². The molecule has 0 atom stereocenters. The van der Waals surface area contributed by atoms with Crippen LogP contribution < -0.4 is 10.3 Å². The number of aromatic nitrogens is 2. The first-order valence-corrected chi connectivity index (χ1v) is 9.89. The van der Waals surface area contributed by atoms with Crippen molar-refractivity contribution < 1.29 is 4.74 Å². The number of methoxy groups -OCH3 is 1. The SMILES string of the molecule is COc1ccc(Sc2c(Cl)cnn(Cc3cccc4ccccc34)c2=O)cc1. The molecule has 1 aromatic heterocycles. The molecular weight excluding hydrogens is 392 g/mol. The second kappa shape index (κ2) is 8.09. The van der Waals surface area contributed by atoms with Gasteiger partial charge in [-0.1, -0.05) is 65.8 Å². The van der Waals surface area contributed by atoms with Gasteiger partial charge in [-0.05, 0) is 40.6 Å². The molecule has 0 N–H and O–H groups in total. The lowest BCUT2D eigenvalue weighted by molar-refractivity contribution is 0.414. The fourth-order valence-corrected chi connectivity index (χ4v) is 4.10. The predicted octanol–water partition coefficient (Wildman–Crippen LogP) is 5.26. The van der Waals surface area contributed by atoms with E-state index in [0.29, 0.717) is 16.5 Å². The van der Waals surface area contributed by atoms with Crippen molar-refractivity contribution in [2.24, 2.45) is 0 Å². The largest absolute Gasteiger partial charge is 0.497 e. The Bertz CT molecular complexity index is 1180. The molecule has 0 radical (unpaired) electrons. The zero-order chi connectivity index (χ0) is 19.5. The fourth-order valence-electron chi connectivity index (χ4n) is 3.01. The van der Waals surface area contributed by atoms with E-state index in [1.54, 1.807) is 7.11 Å². The van der Waals surface area contributed by atoms with E-state index in [0.717, 1.165) is 27.0 Å². The zero-order valence-electron chi connectivity index (χ0n) is 15.1. The van der Waals surface area contributed by atoms with Crippen molar-refractivity contribution in [3.05, 3.63) is 93.9 Å². The molecule has 1 heterocycles. The Balaban J connectivity index is 1.69. The van der Waals surface area contributed by atoms with Crippen LogP contribution in [0.1, 0.15) is 5.56 Å². The summed E-state index contributed by atoms with van der Waals surface area (Å²) in [7, 11) is 1.62. The number of ether oxygens (including phenoxy) is 1. The molecule has 0 saturated carbocycles. The number of hydrogen-bond donors (Lipinski definition) is 0. The van der Waals surface area contributed by atoms with E-state index >= 15 is 0 Å². The molecule has 0 aliphatic carbocycles. The molecule has 0 spiro atoms. The van der Waals surface area contributed by atoms with Crippen LogP contribution >= 0.6 is 23.4 Å². The third kappa shape index (κ3) is 3.77. The number of halogens is 1. The highest BCUT2D eigenvalue weighted by molar-refractivity contribution is 7.99. The zero-order valence-corrected chi connectivity index (χ0v) is 16.7. The molecule has 4 aromatic rings. The molecule has 0 aliphatic rings. The Hall–Kier alpha value is -2.76. The molecule has 6 heteroatoms. The van der Waals surface area contributed by atoms with Crippen LogP contribution in [0.4, 0.5) is 0 Å². The molecule has 0 unspecified atom stereocenters. The number of hydrogen-bond acceptors (Lipinski definition) is 4. The summed E-state index contributed by atoms with van der Waals surface area (Å²) in [6.45, 7) is 0.382. The maximum Gasteiger partial charge on any atom is 0.282 e. The monoisotopic (exact) mass is 408 g/mol. The Morgan fingerprint density at radius 2 is 1.79 bits per heavy atom. The van der Waals surface area contributed by atoms with Gasteiger partial charge in [0.1, 0.15) is 5.75 Å². The normalized spacial score (nSPS) is 10.9. The standard InChI is InChI=1S/C22H17ClN2O2S/c1-27-17-9-11-18(12-10-17)28-21-20(23)13-24-25(22(21)26)14-16-7-4-6-15-5-2-3-8-19(15)16/h2-13H,14H2,1H3. The van der Waals surface area contributed by atoms with Crippen molar-refractivity contribution in [2.75, 3.05) is 7.11 Å². The van der Waals surface area contributed by atoms with Crippen molar-refractivity contribution in [1.82, 2.24) is 9.78 Å². The molecule has 28 heavy (non-hydrogen) atoms. The number of nitrogens with zero attached hydrogens (tertiary/aromatic N) is 2. The average Bonchev–Trinajstić information content (AvgIpc) is 2.74.